The number of esters is 1. The molecule has 0 radical (unpaired) electrons. The van der Waals surface area contributed by atoms with Gasteiger partial charge in [-0.3, -0.25) is 4.79 Å². The fourth-order valence-electron chi connectivity index (χ4n) is 2.11. The molecule has 0 aliphatic carbocycles. The van der Waals surface area contributed by atoms with Gasteiger partial charge in [-0.1, -0.05) is 0 Å². The summed E-state index contributed by atoms with van der Waals surface area (Å²) in [5.74, 6) is 2.38. The molecule has 0 bridgehead atoms. The number of hydrogen-bond acceptors (Lipinski definition) is 6. The second-order valence-electron chi connectivity index (χ2n) is 5.12. The molecule has 2 aromatic rings. The van der Waals surface area contributed by atoms with Crippen LogP contribution < -0.4 is 15.2 Å². The van der Waals surface area contributed by atoms with Gasteiger partial charge in [0.1, 0.15) is 35.7 Å². The molecule has 1 atom stereocenters. The third-order valence-electron chi connectivity index (χ3n) is 3.24. The Kier molecular flexibility index (Phi) is 6.69. The first-order chi connectivity index (χ1) is 11.6. The highest BCUT2D eigenvalue weighted by Gasteiger charge is 2.17. The Morgan fingerprint density at radius 1 is 1.00 bits per heavy atom. The number of carbonyl (C=O) groups excluding carboxylic acids is 1. The lowest BCUT2D eigenvalue weighted by Gasteiger charge is -2.08. The first-order valence-electron chi connectivity index (χ1n) is 7.97. The number of nitrogens with two attached hydrogens (primary N) is 1. The van der Waals surface area contributed by atoms with Crippen LogP contribution in [-0.2, 0) is 22.6 Å². The molecule has 1 aromatic carbocycles. The van der Waals surface area contributed by atoms with Crippen molar-refractivity contribution in [1.82, 2.24) is 0 Å². The van der Waals surface area contributed by atoms with Crippen LogP contribution in [-0.4, -0.2) is 25.2 Å². The van der Waals surface area contributed by atoms with E-state index in [4.69, 9.17) is 24.4 Å². The zero-order chi connectivity index (χ0) is 17.4. The summed E-state index contributed by atoms with van der Waals surface area (Å²) in [5, 5.41) is 0. The zero-order valence-electron chi connectivity index (χ0n) is 14.0. The van der Waals surface area contributed by atoms with Crippen molar-refractivity contribution < 1.29 is 23.4 Å². The zero-order valence-corrected chi connectivity index (χ0v) is 14.0. The van der Waals surface area contributed by atoms with Gasteiger partial charge >= 0.3 is 5.97 Å². The Hall–Kier alpha value is -2.47. The third-order valence-corrected chi connectivity index (χ3v) is 3.24. The van der Waals surface area contributed by atoms with E-state index in [0.29, 0.717) is 37.8 Å². The summed E-state index contributed by atoms with van der Waals surface area (Å²) in [6, 6.07) is 10.3. The molecule has 1 unspecified atom stereocenters. The second kappa shape index (κ2) is 8.98. The maximum absolute atomic E-state index is 11.5. The average Bonchev–Trinajstić information content (AvgIpc) is 3.02. The second-order valence-corrected chi connectivity index (χ2v) is 5.12. The summed E-state index contributed by atoms with van der Waals surface area (Å²) in [4.78, 5) is 11.5. The molecule has 0 spiro atoms. The molecule has 2 rings (SSSR count). The molecule has 0 aliphatic heterocycles. The SMILES string of the molecule is CCOC(=O)C(N)Cc1ccc(COc2ccc(OCC)cc2)o1. The smallest absolute Gasteiger partial charge is 0.323 e. The van der Waals surface area contributed by atoms with Crippen LogP contribution in [0.5, 0.6) is 11.5 Å². The fourth-order valence-corrected chi connectivity index (χ4v) is 2.11. The van der Waals surface area contributed by atoms with Crippen LogP contribution in [0.4, 0.5) is 0 Å². The number of carbonyl (C=O) groups is 1. The minimum absolute atomic E-state index is 0.294. The van der Waals surface area contributed by atoms with Crippen molar-refractivity contribution in [2.75, 3.05) is 13.2 Å². The van der Waals surface area contributed by atoms with Crippen LogP contribution in [0.25, 0.3) is 0 Å². The fraction of sp³-hybridized carbons (Fsp3) is 0.389. The van der Waals surface area contributed by atoms with E-state index >= 15 is 0 Å². The van der Waals surface area contributed by atoms with Crippen LogP contribution >= 0.6 is 0 Å². The van der Waals surface area contributed by atoms with Crippen LogP contribution in [0.3, 0.4) is 0 Å². The minimum atomic E-state index is -0.726. The maximum atomic E-state index is 11.5. The highest BCUT2D eigenvalue weighted by molar-refractivity contribution is 5.75. The molecule has 1 heterocycles. The third kappa shape index (κ3) is 5.31. The van der Waals surface area contributed by atoms with Crippen LogP contribution in [0.15, 0.2) is 40.8 Å². The molecule has 6 nitrogen and oxygen atoms in total. The molecule has 130 valence electrons. The van der Waals surface area contributed by atoms with E-state index in [9.17, 15) is 4.79 Å². The van der Waals surface area contributed by atoms with Gasteiger partial charge in [-0.05, 0) is 50.2 Å². The molecule has 0 amide bonds. The molecule has 0 saturated carbocycles. The summed E-state index contributed by atoms with van der Waals surface area (Å²) in [7, 11) is 0. The van der Waals surface area contributed by atoms with Crippen molar-refractivity contribution >= 4 is 5.97 Å². The quantitative estimate of drug-likeness (QED) is 0.710. The predicted octanol–water partition coefficient (Wildman–Crippen LogP) is 2.69. The van der Waals surface area contributed by atoms with Crippen molar-refractivity contribution in [2.45, 2.75) is 32.9 Å². The minimum Gasteiger partial charge on any atom is -0.494 e. The van der Waals surface area contributed by atoms with Crippen molar-refractivity contribution in [3.05, 3.63) is 47.9 Å². The molecule has 0 fully saturated rings. The van der Waals surface area contributed by atoms with Gasteiger partial charge in [-0.15, -0.1) is 0 Å². The number of benzene rings is 1. The van der Waals surface area contributed by atoms with Gasteiger partial charge in [0.2, 0.25) is 0 Å². The van der Waals surface area contributed by atoms with E-state index in [2.05, 4.69) is 0 Å². The van der Waals surface area contributed by atoms with Crippen LogP contribution in [0.2, 0.25) is 0 Å². The molecular formula is C18H23NO5. The Morgan fingerprint density at radius 3 is 2.25 bits per heavy atom. The van der Waals surface area contributed by atoms with Gasteiger partial charge in [-0.2, -0.15) is 0 Å². The first kappa shape index (κ1) is 17.9. The first-order valence-corrected chi connectivity index (χ1v) is 7.97. The van der Waals surface area contributed by atoms with Crippen LogP contribution in [0.1, 0.15) is 25.4 Å². The van der Waals surface area contributed by atoms with E-state index in [0.717, 1.165) is 11.5 Å². The van der Waals surface area contributed by atoms with Gasteiger partial charge in [0.25, 0.3) is 0 Å². The lowest BCUT2D eigenvalue weighted by atomic mass is 10.2. The normalized spacial score (nSPS) is 11.8. The summed E-state index contributed by atoms with van der Waals surface area (Å²) >= 11 is 0. The number of ether oxygens (including phenoxy) is 3. The van der Waals surface area contributed by atoms with E-state index in [1.54, 1.807) is 13.0 Å². The average molecular weight is 333 g/mol. The topological polar surface area (TPSA) is 83.9 Å². The van der Waals surface area contributed by atoms with Gasteiger partial charge in [0.05, 0.1) is 13.2 Å². The summed E-state index contributed by atoms with van der Waals surface area (Å²) < 4.78 is 21.5. The highest BCUT2D eigenvalue weighted by atomic mass is 16.5. The predicted molar refractivity (Wildman–Crippen MR) is 89.0 cm³/mol. The Bertz CT molecular complexity index is 635. The summed E-state index contributed by atoms with van der Waals surface area (Å²) in [6.45, 7) is 4.92. The van der Waals surface area contributed by atoms with Crippen molar-refractivity contribution in [2.24, 2.45) is 5.73 Å². The van der Waals surface area contributed by atoms with Crippen LogP contribution in [0, 0.1) is 0 Å². The van der Waals surface area contributed by atoms with Gasteiger partial charge in [0.15, 0.2) is 0 Å². The Labute approximate surface area is 141 Å². The van der Waals surface area contributed by atoms with Crippen molar-refractivity contribution in [1.29, 1.82) is 0 Å². The van der Waals surface area contributed by atoms with Gasteiger partial charge in [0, 0.05) is 6.42 Å². The van der Waals surface area contributed by atoms with E-state index in [-0.39, 0.29) is 0 Å². The highest BCUT2D eigenvalue weighted by Crippen LogP contribution is 2.19. The maximum Gasteiger partial charge on any atom is 0.323 e. The molecule has 2 N–H and O–H groups in total. The van der Waals surface area contributed by atoms with E-state index in [1.807, 2.05) is 37.3 Å². The molecule has 6 heteroatoms. The molecule has 24 heavy (non-hydrogen) atoms. The molecule has 0 saturated heterocycles. The van der Waals surface area contributed by atoms with Crippen molar-refractivity contribution in [3.63, 3.8) is 0 Å². The summed E-state index contributed by atoms with van der Waals surface area (Å²) in [5.41, 5.74) is 5.77. The van der Waals surface area contributed by atoms with Gasteiger partial charge < -0.3 is 24.4 Å². The lowest BCUT2D eigenvalue weighted by Crippen LogP contribution is -2.34. The Balaban J connectivity index is 1.84. The molecule has 0 aliphatic rings. The molecular weight excluding hydrogens is 310 g/mol. The monoisotopic (exact) mass is 333 g/mol. The summed E-state index contributed by atoms with van der Waals surface area (Å²) in [6.07, 6.45) is 0.294. The standard InChI is InChI=1S/C18H23NO5/c1-3-21-13-5-7-14(8-6-13)23-12-16-10-9-15(24-16)11-17(19)18(20)22-4-2/h5-10,17H,3-4,11-12,19H2,1-2H3. The molecule has 1 aromatic heterocycles. The van der Waals surface area contributed by atoms with E-state index in [1.165, 1.54) is 0 Å². The number of rotatable bonds is 9. The van der Waals surface area contributed by atoms with Crippen molar-refractivity contribution in [3.8, 4) is 11.5 Å². The number of hydrogen-bond donors (Lipinski definition) is 1. The number of furan rings is 1. The largest absolute Gasteiger partial charge is 0.494 e. The van der Waals surface area contributed by atoms with Gasteiger partial charge in [-0.25, -0.2) is 0 Å². The van der Waals surface area contributed by atoms with E-state index < -0.39 is 12.0 Å². The lowest BCUT2D eigenvalue weighted by molar-refractivity contribution is -0.144. The Morgan fingerprint density at radius 2 is 1.62 bits per heavy atom.